The SMILES string of the molecule is O=C(CCN1C(=O)COc2ccccc21)OCc1nc(-c2cccs2)no1. The van der Waals surface area contributed by atoms with E-state index in [1.54, 1.807) is 12.1 Å². The van der Waals surface area contributed by atoms with Gasteiger partial charge in [-0.15, -0.1) is 11.3 Å². The number of fused-ring (bicyclic) bond motifs is 1. The first-order valence-electron chi connectivity index (χ1n) is 8.25. The van der Waals surface area contributed by atoms with Gasteiger partial charge in [0.05, 0.1) is 17.0 Å². The van der Waals surface area contributed by atoms with Gasteiger partial charge in [-0.2, -0.15) is 4.98 Å². The molecule has 3 aromatic rings. The van der Waals surface area contributed by atoms with Gasteiger partial charge in [0.1, 0.15) is 5.75 Å². The number of carbonyl (C=O) groups is 2. The van der Waals surface area contributed by atoms with Gasteiger partial charge in [-0.1, -0.05) is 23.4 Å². The van der Waals surface area contributed by atoms with E-state index in [1.807, 2.05) is 29.6 Å². The van der Waals surface area contributed by atoms with Gasteiger partial charge in [-0.05, 0) is 23.6 Å². The molecule has 8 nitrogen and oxygen atoms in total. The van der Waals surface area contributed by atoms with Crippen LogP contribution in [0.2, 0.25) is 0 Å². The summed E-state index contributed by atoms with van der Waals surface area (Å²) in [6, 6.07) is 11.0. The van der Waals surface area contributed by atoms with Crippen molar-refractivity contribution in [3.05, 3.63) is 47.7 Å². The summed E-state index contributed by atoms with van der Waals surface area (Å²) in [7, 11) is 0. The lowest BCUT2D eigenvalue weighted by Crippen LogP contribution is -2.40. The first-order chi connectivity index (χ1) is 13.2. The number of ether oxygens (including phenoxy) is 2. The maximum Gasteiger partial charge on any atom is 0.308 e. The molecule has 0 N–H and O–H groups in total. The number of hydrogen-bond acceptors (Lipinski definition) is 8. The molecule has 3 heterocycles. The van der Waals surface area contributed by atoms with Crippen LogP contribution in [0.25, 0.3) is 10.7 Å². The zero-order chi connectivity index (χ0) is 18.6. The first kappa shape index (κ1) is 17.2. The Morgan fingerprint density at radius 1 is 1.26 bits per heavy atom. The summed E-state index contributed by atoms with van der Waals surface area (Å²) in [5.41, 5.74) is 0.652. The van der Waals surface area contributed by atoms with Gasteiger partial charge in [-0.25, -0.2) is 0 Å². The number of aromatic nitrogens is 2. The molecule has 0 saturated heterocycles. The molecule has 0 spiro atoms. The number of hydrogen-bond donors (Lipinski definition) is 0. The van der Waals surface area contributed by atoms with Gasteiger partial charge in [0, 0.05) is 6.54 Å². The van der Waals surface area contributed by atoms with Crippen molar-refractivity contribution in [3.8, 4) is 16.5 Å². The Morgan fingerprint density at radius 3 is 3.00 bits per heavy atom. The normalized spacial score (nSPS) is 13.2. The highest BCUT2D eigenvalue weighted by molar-refractivity contribution is 7.13. The van der Waals surface area contributed by atoms with Crippen molar-refractivity contribution in [3.63, 3.8) is 0 Å². The van der Waals surface area contributed by atoms with Crippen LogP contribution < -0.4 is 9.64 Å². The molecule has 0 unspecified atom stereocenters. The van der Waals surface area contributed by atoms with Crippen molar-refractivity contribution in [1.29, 1.82) is 0 Å². The van der Waals surface area contributed by atoms with Crippen LogP contribution in [0.4, 0.5) is 5.69 Å². The number of anilines is 1. The molecule has 1 aliphatic heterocycles. The monoisotopic (exact) mass is 385 g/mol. The fraction of sp³-hybridized carbons (Fsp3) is 0.222. The molecular formula is C18H15N3O5S. The number of benzene rings is 1. The highest BCUT2D eigenvalue weighted by Gasteiger charge is 2.25. The minimum atomic E-state index is -0.456. The maximum absolute atomic E-state index is 12.1. The predicted molar refractivity (Wildman–Crippen MR) is 96.3 cm³/mol. The van der Waals surface area contributed by atoms with Crippen LogP contribution in [0, 0.1) is 0 Å². The molecule has 1 aliphatic rings. The first-order valence-corrected chi connectivity index (χ1v) is 9.13. The molecule has 0 fully saturated rings. The number of carbonyl (C=O) groups excluding carboxylic acids is 2. The predicted octanol–water partition coefficient (Wildman–Crippen LogP) is 2.66. The fourth-order valence-electron chi connectivity index (χ4n) is 2.64. The number of para-hydroxylation sites is 2. The maximum atomic E-state index is 12.1. The molecule has 1 amide bonds. The van der Waals surface area contributed by atoms with E-state index in [0.29, 0.717) is 17.3 Å². The standard InChI is InChI=1S/C18H15N3O5S/c22-16-11-24-13-5-2-1-4-12(13)21(16)8-7-17(23)25-10-15-19-18(20-26-15)14-6-3-9-27-14/h1-6,9H,7-8,10-11H2. The van der Waals surface area contributed by atoms with E-state index >= 15 is 0 Å². The van der Waals surface area contributed by atoms with Crippen molar-refractivity contribution in [2.45, 2.75) is 13.0 Å². The Hall–Kier alpha value is -3.20. The van der Waals surface area contributed by atoms with Crippen LogP contribution in [-0.2, 0) is 20.9 Å². The Morgan fingerprint density at radius 2 is 2.15 bits per heavy atom. The lowest BCUT2D eigenvalue weighted by Gasteiger charge is -2.28. The van der Waals surface area contributed by atoms with Crippen molar-refractivity contribution >= 4 is 28.9 Å². The molecule has 27 heavy (non-hydrogen) atoms. The Balaban J connectivity index is 1.31. The minimum Gasteiger partial charge on any atom is -0.482 e. The summed E-state index contributed by atoms with van der Waals surface area (Å²) in [5, 5.41) is 5.77. The van der Waals surface area contributed by atoms with Gasteiger partial charge < -0.3 is 18.9 Å². The van der Waals surface area contributed by atoms with Crippen molar-refractivity contribution in [2.75, 3.05) is 18.1 Å². The van der Waals surface area contributed by atoms with Gasteiger partial charge in [0.2, 0.25) is 5.82 Å². The van der Waals surface area contributed by atoms with Crippen LogP contribution in [0.1, 0.15) is 12.3 Å². The Labute approximate surface area is 158 Å². The van der Waals surface area contributed by atoms with Crippen molar-refractivity contribution in [2.24, 2.45) is 0 Å². The van der Waals surface area contributed by atoms with Crippen molar-refractivity contribution < 1.29 is 23.6 Å². The average Bonchev–Trinajstić information content (AvgIpc) is 3.37. The molecule has 4 rings (SSSR count). The smallest absolute Gasteiger partial charge is 0.308 e. The van der Waals surface area contributed by atoms with Gasteiger partial charge >= 0.3 is 5.97 Å². The fourth-order valence-corrected chi connectivity index (χ4v) is 3.29. The van der Waals surface area contributed by atoms with E-state index in [0.717, 1.165) is 4.88 Å². The van der Waals surface area contributed by atoms with Gasteiger partial charge in [0.25, 0.3) is 11.8 Å². The molecule has 0 saturated carbocycles. The summed E-state index contributed by atoms with van der Waals surface area (Å²) < 4.78 is 15.6. The molecule has 2 aromatic heterocycles. The number of nitrogens with zero attached hydrogens (tertiary/aromatic N) is 3. The lowest BCUT2D eigenvalue weighted by atomic mass is 10.2. The van der Waals surface area contributed by atoms with Gasteiger partial charge in [0.15, 0.2) is 13.2 Å². The zero-order valence-corrected chi connectivity index (χ0v) is 15.0. The number of esters is 1. The van der Waals surface area contributed by atoms with Crippen molar-refractivity contribution in [1.82, 2.24) is 10.1 Å². The summed E-state index contributed by atoms with van der Waals surface area (Å²) in [6.45, 7) is 0.0622. The van der Waals surface area contributed by atoms with Crippen LogP contribution in [0.5, 0.6) is 5.75 Å². The minimum absolute atomic E-state index is 0.0421. The van der Waals surface area contributed by atoms with Crippen LogP contribution in [0.3, 0.4) is 0 Å². The third-order valence-electron chi connectivity index (χ3n) is 3.91. The van der Waals surface area contributed by atoms with E-state index in [4.69, 9.17) is 14.0 Å². The Bertz CT molecular complexity index is 954. The van der Waals surface area contributed by atoms with Crippen LogP contribution in [-0.4, -0.2) is 35.2 Å². The van der Waals surface area contributed by atoms with Crippen LogP contribution >= 0.6 is 11.3 Å². The Kier molecular flexibility index (Phi) is 4.84. The summed E-state index contributed by atoms with van der Waals surface area (Å²) in [4.78, 5) is 30.7. The van der Waals surface area contributed by atoms with E-state index < -0.39 is 5.97 Å². The number of thiophene rings is 1. The summed E-state index contributed by atoms with van der Waals surface area (Å²) in [6.07, 6.45) is 0.0476. The highest BCUT2D eigenvalue weighted by atomic mass is 32.1. The number of amides is 1. The largest absolute Gasteiger partial charge is 0.482 e. The molecule has 0 bridgehead atoms. The second kappa shape index (κ2) is 7.58. The molecule has 138 valence electrons. The molecule has 0 radical (unpaired) electrons. The molecule has 1 aromatic carbocycles. The third-order valence-corrected chi connectivity index (χ3v) is 4.78. The quantitative estimate of drug-likeness (QED) is 0.602. The van der Waals surface area contributed by atoms with Gasteiger partial charge in [-0.3, -0.25) is 9.59 Å². The molecule has 0 aliphatic carbocycles. The van der Waals surface area contributed by atoms with E-state index in [1.165, 1.54) is 16.2 Å². The zero-order valence-electron chi connectivity index (χ0n) is 14.2. The molecule has 0 atom stereocenters. The van der Waals surface area contributed by atoms with E-state index in [9.17, 15) is 9.59 Å². The van der Waals surface area contributed by atoms with Crippen LogP contribution in [0.15, 0.2) is 46.3 Å². The summed E-state index contributed by atoms with van der Waals surface area (Å²) >= 11 is 1.49. The van der Waals surface area contributed by atoms with E-state index in [2.05, 4.69) is 10.1 Å². The van der Waals surface area contributed by atoms with E-state index in [-0.39, 0.29) is 38.0 Å². The average molecular weight is 385 g/mol. The third kappa shape index (κ3) is 3.82. The molecular weight excluding hydrogens is 370 g/mol. The second-order valence-corrected chi connectivity index (χ2v) is 6.65. The summed E-state index contributed by atoms with van der Waals surface area (Å²) in [5.74, 6) is 0.658. The number of rotatable bonds is 6. The highest BCUT2D eigenvalue weighted by Crippen LogP contribution is 2.31. The molecule has 9 heteroatoms. The lowest BCUT2D eigenvalue weighted by molar-refractivity contribution is -0.145. The second-order valence-electron chi connectivity index (χ2n) is 5.70. The topological polar surface area (TPSA) is 94.8 Å².